The Morgan fingerprint density at radius 2 is 1.69 bits per heavy atom. The number of carbonyl (C=O) groups excluding carboxylic acids is 2. The van der Waals surface area contributed by atoms with Gasteiger partial charge in [0.15, 0.2) is 11.5 Å². The largest absolute Gasteiger partial charge is 0.493 e. The number of likely N-dealkylation sites (N-methyl/N-ethyl adjacent to an activating group) is 1. The van der Waals surface area contributed by atoms with E-state index in [9.17, 15) is 9.59 Å². The van der Waals surface area contributed by atoms with Gasteiger partial charge in [-0.15, -0.1) is 0 Å². The van der Waals surface area contributed by atoms with E-state index in [1.54, 1.807) is 31.3 Å². The number of carbonyl (C=O) groups is 2. The fraction of sp³-hybridized carbons (Fsp3) is 0.381. The van der Waals surface area contributed by atoms with Crippen LogP contribution in [0, 0.1) is 0 Å². The highest BCUT2D eigenvalue weighted by Crippen LogP contribution is 2.27. The van der Waals surface area contributed by atoms with Crippen molar-refractivity contribution in [2.45, 2.75) is 6.54 Å². The summed E-state index contributed by atoms with van der Waals surface area (Å²) in [6, 6.07) is 7.05. The first-order valence-corrected chi connectivity index (χ1v) is 9.43. The predicted molar refractivity (Wildman–Crippen MR) is 108 cm³/mol. The van der Waals surface area contributed by atoms with E-state index in [0.29, 0.717) is 42.3 Å². The number of piperazine rings is 1. The Bertz CT molecular complexity index is 879. The summed E-state index contributed by atoms with van der Waals surface area (Å²) in [6.07, 6.45) is 2.97. The molecule has 1 saturated heterocycles. The number of nitrogens with one attached hydrogen (secondary N) is 1. The molecular formula is C21H26N4O4. The standard InChI is InChI=1S/C21H26N4O4/c1-24-6-8-25(9-7-24)21(27)17-11-16(13-22-14-17)20(26)23-12-15-4-5-18(28-2)19(10-15)29-3/h4-5,10-11,13-14H,6-9,12H2,1-3H3,(H,23,26). The first kappa shape index (κ1) is 20.6. The van der Waals surface area contributed by atoms with Crippen molar-refractivity contribution in [2.24, 2.45) is 0 Å². The van der Waals surface area contributed by atoms with Gasteiger partial charge in [0.25, 0.3) is 11.8 Å². The van der Waals surface area contributed by atoms with Crippen LogP contribution < -0.4 is 14.8 Å². The fourth-order valence-corrected chi connectivity index (χ4v) is 3.15. The Hall–Kier alpha value is -3.13. The van der Waals surface area contributed by atoms with Gasteiger partial charge in [0.2, 0.25) is 0 Å². The van der Waals surface area contributed by atoms with E-state index in [1.807, 2.05) is 19.2 Å². The summed E-state index contributed by atoms with van der Waals surface area (Å²) in [5.41, 5.74) is 1.65. The van der Waals surface area contributed by atoms with Gasteiger partial charge >= 0.3 is 0 Å². The first-order chi connectivity index (χ1) is 14.0. The van der Waals surface area contributed by atoms with Gasteiger partial charge in [0, 0.05) is 45.1 Å². The number of hydrogen-bond donors (Lipinski definition) is 1. The molecule has 3 rings (SSSR count). The maximum atomic E-state index is 12.7. The lowest BCUT2D eigenvalue weighted by atomic mass is 10.1. The molecule has 0 bridgehead atoms. The second kappa shape index (κ2) is 9.38. The third-order valence-corrected chi connectivity index (χ3v) is 4.94. The van der Waals surface area contributed by atoms with Gasteiger partial charge in [-0.05, 0) is 30.8 Å². The van der Waals surface area contributed by atoms with Crippen molar-refractivity contribution in [2.75, 3.05) is 47.4 Å². The zero-order valence-corrected chi connectivity index (χ0v) is 17.0. The van der Waals surface area contributed by atoms with Crippen LogP contribution in [0.4, 0.5) is 0 Å². The molecule has 1 aliphatic heterocycles. The van der Waals surface area contributed by atoms with Crippen LogP contribution in [0.1, 0.15) is 26.3 Å². The van der Waals surface area contributed by atoms with Gasteiger partial charge in [-0.3, -0.25) is 14.6 Å². The van der Waals surface area contributed by atoms with Gasteiger partial charge in [0.05, 0.1) is 25.3 Å². The predicted octanol–water partition coefficient (Wildman–Crippen LogP) is 1.42. The van der Waals surface area contributed by atoms with Crippen molar-refractivity contribution in [3.63, 3.8) is 0 Å². The maximum absolute atomic E-state index is 12.7. The van der Waals surface area contributed by atoms with Crippen LogP contribution in [0.15, 0.2) is 36.7 Å². The van der Waals surface area contributed by atoms with E-state index in [4.69, 9.17) is 9.47 Å². The van der Waals surface area contributed by atoms with Crippen molar-refractivity contribution in [1.29, 1.82) is 0 Å². The van der Waals surface area contributed by atoms with Crippen LogP contribution in [0.2, 0.25) is 0 Å². The Morgan fingerprint density at radius 3 is 2.38 bits per heavy atom. The molecule has 0 unspecified atom stereocenters. The lowest BCUT2D eigenvalue weighted by Gasteiger charge is -2.32. The molecule has 1 aromatic heterocycles. The number of nitrogens with zero attached hydrogens (tertiary/aromatic N) is 3. The van der Waals surface area contributed by atoms with E-state index >= 15 is 0 Å². The van der Waals surface area contributed by atoms with Gasteiger partial charge in [-0.25, -0.2) is 0 Å². The van der Waals surface area contributed by atoms with Crippen LogP contribution in [0.25, 0.3) is 0 Å². The maximum Gasteiger partial charge on any atom is 0.255 e. The Labute approximate surface area is 170 Å². The summed E-state index contributed by atoms with van der Waals surface area (Å²) in [7, 11) is 5.17. The Morgan fingerprint density at radius 1 is 1.00 bits per heavy atom. The van der Waals surface area contributed by atoms with Crippen LogP contribution in [-0.2, 0) is 6.54 Å². The van der Waals surface area contributed by atoms with Crippen molar-refractivity contribution in [1.82, 2.24) is 20.1 Å². The molecule has 1 fully saturated rings. The summed E-state index contributed by atoms with van der Waals surface area (Å²) < 4.78 is 10.5. The van der Waals surface area contributed by atoms with E-state index in [-0.39, 0.29) is 11.8 Å². The van der Waals surface area contributed by atoms with Crippen molar-refractivity contribution < 1.29 is 19.1 Å². The number of hydrogen-bond acceptors (Lipinski definition) is 6. The third-order valence-electron chi connectivity index (χ3n) is 4.94. The van der Waals surface area contributed by atoms with E-state index in [1.165, 1.54) is 12.4 Å². The molecule has 2 aromatic rings. The highest BCUT2D eigenvalue weighted by Gasteiger charge is 2.21. The Kier molecular flexibility index (Phi) is 6.66. The quantitative estimate of drug-likeness (QED) is 0.792. The molecule has 0 aliphatic carbocycles. The van der Waals surface area contributed by atoms with E-state index in [2.05, 4.69) is 15.2 Å². The third kappa shape index (κ3) is 5.03. The molecule has 0 spiro atoms. The number of ether oxygens (including phenoxy) is 2. The monoisotopic (exact) mass is 398 g/mol. The lowest BCUT2D eigenvalue weighted by molar-refractivity contribution is 0.0663. The molecule has 1 aliphatic rings. The Balaban J connectivity index is 1.64. The molecule has 1 aromatic carbocycles. The zero-order chi connectivity index (χ0) is 20.8. The minimum atomic E-state index is -0.291. The summed E-state index contributed by atoms with van der Waals surface area (Å²) in [4.78, 5) is 33.3. The average Bonchev–Trinajstić information content (AvgIpc) is 2.77. The second-order valence-corrected chi connectivity index (χ2v) is 6.93. The van der Waals surface area contributed by atoms with Crippen molar-refractivity contribution in [3.05, 3.63) is 53.3 Å². The van der Waals surface area contributed by atoms with Gasteiger partial charge < -0.3 is 24.6 Å². The molecule has 0 saturated carbocycles. The zero-order valence-electron chi connectivity index (χ0n) is 17.0. The van der Waals surface area contributed by atoms with Crippen LogP contribution in [0.5, 0.6) is 11.5 Å². The molecule has 0 atom stereocenters. The molecule has 0 radical (unpaired) electrons. The number of methoxy groups -OCH3 is 2. The molecule has 1 N–H and O–H groups in total. The minimum absolute atomic E-state index is 0.0971. The number of pyridine rings is 1. The SMILES string of the molecule is COc1ccc(CNC(=O)c2cncc(C(=O)N3CCN(C)CC3)c2)cc1OC. The topological polar surface area (TPSA) is 84.0 Å². The summed E-state index contributed by atoms with van der Waals surface area (Å²) in [6.45, 7) is 3.33. The summed E-state index contributed by atoms with van der Waals surface area (Å²) >= 11 is 0. The normalized spacial score (nSPS) is 14.4. The highest BCUT2D eigenvalue weighted by atomic mass is 16.5. The molecule has 8 heteroatoms. The lowest BCUT2D eigenvalue weighted by Crippen LogP contribution is -2.47. The summed E-state index contributed by atoms with van der Waals surface area (Å²) in [5.74, 6) is 0.836. The van der Waals surface area contributed by atoms with Gasteiger partial charge in [-0.2, -0.15) is 0 Å². The molecule has 2 amide bonds. The molecule has 8 nitrogen and oxygen atoms in total. The minimum Gasteiger partial charge on any atom is -0.493 e. The van der Waals surface area contributed by atoms with Crippen LogP contribution >= 0.6 is 0 Å². The molecular weight excluding hydrogens is 372 g/mol. The number of amides is 2. The van der Waals surface area contributed by atoms with Gasteiger partial charge in [0.1, 0.15) is 0 Å². The number of rotatable bonds is 6. The van der Waals surface area contributed by atoms with E-state index < -0.39 is 0 Å². The smallest absolute Gasteiger partial charge is 0.255 e. The number of benzene rings is 1. The van der Waals surface area contributed by atoms with Crippen molar-refractivity contribution >= 4 is 11.8 Å². The molecule has 29 heavy (non-hydrogen) atoms. The van der Waals surface area contributed by atoms with Gasteiger partial charge in [-0.1, -0.05) is 6.07 Å². The fourth-order valence-electron chi connectivity index (χ4n) is 3.15. The molecule has 154 valence electrons. The van der Waals surface area contributed by atoms with E-state index in [0.717, 1.165) is 18.7 Å². The first-order valence-electron chi connectivity index (χ1n) is 9.43. The number of aromatic nitrogens is 1. The molecule has 2 heterocycles. The average molecular weight is 398 g/mol. The van der Waals surface area contributed by atoms with Crippen LogP contribution in [0.3, 0.4) is 0 Å². The highest BCUT2D eigenvalue weighted by molar-refractivity contribution is 5.99. The second-order valence-electron chi connectivity index (χ2n) is 6.93. The summed E-state index contributed by atoms with van der Waals surface area (Å²) in [5, 5.41) is 2.85. The van der Waals surface area contributed by atoms with Crippen LogP contribution in [-0.4, -0.2) is 74.0 Å². The van der Waals surface area contributed by atoms with Crippen molar-refractivity contribution in [3.8, 4) is 11.5 Å².